The number of carbonyl (C=O) groups excluding carboxylic acids is 1. The van der Waals surface area contributed by atoms with E-state index in [0.717, 1.165) is 16.7 Å². The van der Waals surface area contributed by atoms with Crippen LogP contribution in [0.1, 0.15) is 16.7 Å². The molecule has 2 unspecified atom stereocenters. The van der Waals surface area contributed by atoms with Gasteiger partial charge in [-0.1, -0.05) is 24.3 Å². The number of nitrogens with zero attached hydrogens (tertiary/aromatic N) is 1. The summed E-state index contributed by atoms with van der Waals surface area (Å²) in [6, 6.07) is 10.2. The van der Waals surface area contributed by atoms with Gasteiger partial charge in [0.1, 0.15) is 12.1 Å². The Kier molecular flexibility index (Phi) is 4.86. The van der Waals surface area contributed by atoms with Crippen molar-refractivity contribution in [3.63, 3.8) is 0 Å². The number of rotatable bonds is 5. The Hall–Kier alpha value is -2.73. The topological polar surface area (TPSA) is 88.5 Å². The number of pyridine rings is 1. The zero-order valence-corrected chi connectivity index (χ0v) is 13.0. The highest BCUT2D eigenvalue weighted by Crippen LogP contribution is 2.20. The first-order valence-electron chi connectivity index (χ1n) is 7.74. The molecule has 124 valence electrons. The van der Waals surface area contributed by atoms with Crippen LogP contribution >= 0.6 is 0 Å². The van der Waals surface area contributed by atoms with Crippen LogP contribution in [-0.4, -0.2) is 34.1 Å². The molecular weight excluding hydrogens is 308 g/mol. The van der Waals surface area contributed by atoms with Crippen molar-refractivity contribution < 1.29 is 19.4 Å². The minimum Gasteiger partial charge on any atom is -0.480 e. The number of ether oxygens (including phenoxy) is 1. The average Bonchev–Trinajstić information content (AvgIpc) is 2.61. The molecule has 2 atom stereocenters. The summed E-state index contributed by atoms with van der Waals surface area (Å²) in [7, 11) is 0. The molecule has 3 rings (SSSR count). The van der Waals surface area contributed by atoms with E-state index in [9.17, 15) is 14.7 Å². The summed E-state index contributed by atoms with van der Waals surface area (Å²) in [6.07, 6.45) is 3.17. The largest absolute Gasteiger partial charge is 0.480 e. The van der Waals surface area contributed by atoms with E-state index in [0.29, 0.717) is 13.0 Å². The van der Waals surface area contributed by atoms with Crippen LogP contribution < -0.4 is 5.32 Å². The second-order valence-corrected chi connectivity index (χ2v) is 5.73. The molecule has 1 aliphatic heterocycles. The highest BCUT2D eigenvalue weighted by atomic mass is 16.5. The van der Waals surface area contributed by atoms with Crippen molar-refractivity contribution in [3.8, 4) is 0 Å². The first-order chi connectivity index (χ1) is 11.6. The number of carbonyl (C=O) groups is 2. The standard InChI is InChI=1S/C18H18N2O4/c21-17(16-10-13-3-1-2-4-14(13)11-24-16)20-15(18(22)23)9-12-5-7-19-8-6-12/h1-8,15-16H,9-11H2,(H,20,21)(H,22,23). The third-order valence-electron chi connectivity index (χ3n) is 4.06. The molecule has 2 heterocycles. The lowest BCUT2D eigenvalue weighted by Crippen LogP contribution is -2.48. The quantitative estimate of drug-likeness (QED) is 0.865. The van der Waals surface area contributed by atoms with Crippen molar-refractivity contribution in [1.29, 1.82) is 0 Å². The van der Waals surface area contributed by atoms with Crippen molar-refractivity contribution in [2.45, 2.75) is 31.6 Å². The molecular formula is C18H18N2O4. The van der Waals surface area contributed by atoms with Crippen molar-refractivity contribution >= 4 is 11.9 Å². The summed E-state index contributed by atoms with van der Waals surface area (Å²) in [4.78, 5) is 27.7. The lowest BCUT2D eigenvalue weighted by molar-refractivity contribution is -0.145. The monoisotopic (exact) mass is 326 g/mol. The number of carboxylic acids is 1. The van der Waals surface area contributed by atoms with Crippen LogP contribution in [0, 0.1) is 0 Å². The summed E-state index contributed by atoms with van der Waals surface area (Å²) in [5, 5.41) is 12.0. The molecule has 0 saturated heterocycles. The van der Waals surface area contributed by atoms with E-state index in [2.05, 4.69) is 10.3 Å². The highest BCUT2D eigenvalue weighted by molar-refractivity contribution is 5.86. The van der Waals surface area contributed by atoms with E-state index in [1.807, 2.05) is 24.3 Å². The van der Waals surface area contributed by atoms with Gasteiger partial charge in [-0.3, -0.25) is 9.78 Å². The second-order valence-electron chi connectivity index (χ2n) is 5.73. The minimum absolute atomic E-state index is 0.201. The molecule has 0 aliphatic carbocycles. The van der Waals surface area contributed by atoms with Gasteiger partial charge in [0.2, 0.25) is 5.91 Å². The van der Waals surface area contributed by atoms with Crippen LogP contribution in [0.3, 0.4) is 0 Å². The van der Waals surface area contributed by atoms with E-state index in [1.165, 1.54) is 0 Å². The first kappa shape index (κ1) is 16.1. The molecule has 0 saturated carbocycles. The smallest absolute Gasteiger partial charge is 0.326 e. The van der Waals surface area contributed by atoms with Gasteiger partial charge in [-0.15, -0.1) is 0 Å². The molecule has 1 aromatic heterocycles. The summed E-state index contributed by atoms with van der Waals surface area (Å²) in [6.45, 7) is 0.357. The van der Waals surface area contributed by atoms with Crippen molar-refractivity contribution in [3.05, 3.63) is 65.5 Å². The van der Waals surface area contributed by atoms with Crippen LogP contribution in [-0.2, 0) is 33.8 Å². The normalized spacial score (nSPS) is 17.6. The van der Waals surface area contributed by atoms with E-state index < -0.39 is 24.0 Å². The van der Waals surface area contributed by atoms with Crippen LogP contribution in [0.4, 0.5) is 0 Å². The van der Waals surface area contributed by atoms with Gasteiger partial charge < -0.3 is 15.2 Å². The minimum atomic E-state index is -1.07. The van der Waals surface area contributed by atoms with Crippen LogP contribution in [0.15, 0.2) is 48.8 Å². The fourth-order valence-corrected chi connectivity index (χ4v) is 2.73. The van der Waals surface area contributed by atoms with Crippen LogP contribution in [0.5, 0.6) is 0 Å². The number of amides is 1. The maximum Gasteiger partial charge on any atom is 0.326 e. The summed E-state index contributed by atoms with van der Waals surface area (Å²) in [5.74, 6) is -1.47. The molecule has 2 N–H and O–H groups in total. The number of aromatic nitrogens is 1. The Labute approximate surface area is 139 Å². The molecule has 1 amide bonds. The zero-order chi connectivity index (χ0) is 16.9. The van der Waals surface area contributed by atoms with Gasteiger partial charge in [0.25, 0.3) is 0 Å². The number of nitrogens with one attached hydrogen (secondary N) is 1. The zero-order valence-electron chi connectivity index (χ0n) is 13.0. The summed E-state index contributed by atoms with van der Waals surface area (Å²) in [5.41, 5.74) is 2.92. The number of hydrogen-bond donors (Lipinski definition) is 2. The highest BCUT2D eigenvalue weighted by Gasteiger charge is 2.29. The Morgan fingerprint density at radius 3 is 2.62 bits per heavy atom. The number of hydrogen-bond acceptors (Lipinski definition) is 4. The molecule has 0 fully saturated rings. The number of fused-ring (bicyclic) bond motifs is 1. The number of carboxylic acid groups (broad SMARTS) is 1. The Morgan fingerprint density at radius 1 is 1.21 bits per heavy atom. The van der Waals surface area contributed by atoms with Crippen molar-refractivity contribution in [2.75, 3.05) is 0 Å². The van der Waals surface area contributed by atoms with Gasteiger partial charge >= 0.3 is 5.97 Å². The summed E-state index contributed by atoms with van der Waals surface area (Å²) < 4.78 is 5.58. The number of aliphatic carboxylic acids is 1. The SMILES string of the molecule is O=C(O)C(Cc1ccncc1)NC(=O)C1Cc2ccccc2CO1. The molecule has 6 nitrogen and oxygen atoms in total. The second kappa shape index (κ2) is 7.23. The average molecular weight is 326 g/mol. The predicted octanol–water partition coefficient (Wildman–Crippen LogP) is 1.33. The first-order valence-corrected chi connectivity index (χ1v) is 7.74. The van der Waals surface area contributed by atoms with Crippen LogP contribution in [0.25, 0.3) is 0 Å². The molecule has 24 heavy (non-hydrogen) atoms. The third-order valence-corrected chi connectivity index (χ3v) is 4.06. The van der Waals surface area contributed by atoms with E-state index in [4.69, 9.17) is 4.74 Å². The van der Waals surface area contributed by atoms with E-state index in [1.54, 1.807) is 24.5 Å². The Balaban J connectivity index is 1.65. The Bertz CT molecular complexity index is 733. The van der Waals surface area contributed by atoms with E-state index in [-0.39, 0.29) is 6.42 Å². The maximum atomic E-state index is 12.4. The summed E-state index contributed by atoms with van der Waals surface area (Å²) >= 11 is 0. The fourth-order valence-electron chi connectivity index (χ4n) is 2.73. The fraction of sp³-hybridized carbons (Fsp3) is 0.278. The van der Waals surface area contributed by atoms with Gasteiger partial charge in [-0.05, 0) is 28.8 Å². The molecule has 1 aliphatic rings. The van der Waals surface area contributed by atoms with Crippen molar-refractivity contribution in [2.24, 2.45) is 0 Å². The predicted molar refractivity (Wildman–Crippen MR) is 86.2 cm³/mol. The van der Waals surface area contributed by atoms with E-state index >= 15 is 0 Å². The third kappa shape index (κ3) is 3.78. The lowest BCUT2D eigenvalue weighted by Gasteiger charge is -2.26. The van der Waals surface area contributed by atoms with Crippen LogP contribution in [0.2, 0.25) is 0 Å². The Morgan fingerprint density at radius 2 is 1.92 bits per heavy atom. The van der Waals surface area contributed by atoms with Gasteiger partial charge in [0.05, 0.1) is 6.61 Å². The molecule has 0 spiro atoms. The van der Waals surface area contributed by atoms with Gasteiger partial charge in [0, 0.05) is 25.2 Å². The number of benzene rings is 1. The molecule has 2 aromatic rings. The molecule has 0 radical (unpaired) electrons. The van der Waals surface area contributed by atoms with Gasteiger partial charge in [0.15, 0.2) is 0 Å². The van der Waals surface area contributed by atoms with Gasteiger partial charge in [-0.2, -0.15) is 0 Å². The van der Waals surface area contributed by atoms with Crippen molar-refractivity contribution in [1.82, 2.24) is 10.3 Å². The molecule has 6 heteroatoms. The molecule has 1 aromatic carbocycles. The lowest BCUT2D eigenvalue weighted by atomic mass is 9.98. The maximum absolute atomic E-state index is 12.4. The molecule has 0 bridgehead atoms. The van der Waals surface area contributed by atoms with Gasteiger partial charge in [-0.25, -0.2) is 4.79 Å².